The number of hydrogen-bond acceptors (Lipinski definition) is 4. The smallest absolute Gasteiger partial charge is 0.164 e. The van der Waals surface area contributed by atoms with Crippen LogP contribution in [0.2, 0.25) is 0 Å². The lowest BCUT2D eigenvalue weighted by Crippen LogP contribution is -2.14. The summed E-state index contributed by atoms with van der Waals surface area (Å²) in [6.07, 6.45) is 0. The molecule has 0 aliphatic heterocycles. The standard InChI is InChI=1S/C39H26N2O2/c1-39(2)29-17-6-4-13-26(29)36-27(15-10-18-30(36)39)31-22-32(35-21-23-11-3-7-19-33(23)42-35)41-38(40-31)28-16-9-14-25-24-12-5-8-20-34(24)43-37(25)28/h3-22H,1-2H3. The van der Waals surface area contributed by atoms with Gasteiger partial charge in [0.25, 0.3) is 0 Å². The average molecular weight is 555 g/mol. The summed E-state index contributed by atoms with van der Waals surface area (Å²) in [5.74, 6) is 1.30. The van der Waals surface area contributed by atoms with Gasteiger partial charge < -0.3 is 8.83 Å². The lowest BCUT2D eigenvalue weighted by Gasteiger charge is -2.21. The van der Waals surface area contributed by atoms with Crippen LogP contribution in [-0.4, -0.2) is 9.97 Å². The van der Waals surface area contributed by atoms with Crippen LogP contribution in [0.5, 0.6) is 0 Å². The average Bonchev–Trinajstić information content (AvgIpc) is 3.72. The van der Waals surface area contributed by atoms with Crippen molar-refractivity contribution in [1.29, 1.82) is 0 Å². The Hall–Kier alpha value is -5.48. The second kappa shape index (κ2) is 8.76. The van der Waals surface area contributed by atoms with Crippen LogP contribution in [-0.2, 0) is 5.41 Å². The Kier molecular flexibility index (Phi) is 4.92. The Morgan fingerprint density at radius 1 is 0.535 bits per heavy atom. The molecule has 0 spiro atoms. The maximum atomic E-state index is 6.42. The number of benzene rings is 5. The second-order valence-electron chi connectivity index (χ2n) is 11.8. The molecule has 0 radical (unpaired) electrons. The second-order valence-corrected chi connectivity index (χ2v) is 11.8. The fraction of sp³-hybridized carbons (Fsp3) is 0.0769. The molecule has 4 heteroatoms. The van der Waals surface area contributed by atoms with Crippen LogP contribution in [0.25, 0.3) is 78.1 Å². The highest BCUT2D eigenvalue weighted by molar-refractivity contribution is 6.09. The van der Waals surface area contributed by atoms with Crippen LogP contribution in [0.3, 0.4) is 0 Å². The van der Waals surface area contributed by atoms with Gasteiger partial charge in [0.15, 0.2) is 11.6 Å². The van der Waals surface area contributed by atoms with E-state index in [9.17, 15) is 0 Å². The zero-order valence-electron chi connectivity index (χ0n) is 23.8. The summed E-state index contributed by atoms with van der Waals surface area (Å²) in [7, 11) is 0. The molecule has 9 rings (SSSR count). The van der Waals surface area contributed by atoms with E-state index >= 15 is 0 Å². The van der Waals surface area contributed by atoms with Gasteiger partial charge in [0.05, 0.1) is 11.3 Å². The van der Waals surface area contributed by atoms with Gasteiger partial charge in [-0.2, -0.15) is 0 Å². The van der Waals surface area contributed by atoms with E-state index in [0.29, 0.717) is 11.6 Å². The van der Waals surface area contributed by atoms with Crippen molar-refractivity contribution in [3.63, 3.8) is 0 Å². The minimum atomic E-state index is -0.112. The largest absolute Gasteiger partial charge is 0.455 e. The van der Waals surface area contributed by atoms with Crippen molar-refractivity contribution in [3.8, 4) is 45.2 Å². The van der Waals surface area contributed by atoms with Gasteiger partial charge in [0, 0.05) is 27.1 Å². The molecular formula is C39H26N2O2. The molecule has 43 heavy (non-hydrogen) atoms. The minimum absolute atomic E-state index is 0.112. The monoisotopic (exact) mass is 554 g/mol. The first-order chi connectivity index (χ1) is 21.1. The highest BCUT2D eigenvalue weighted by atomic mass is 16.3. The highest BCUT2D eigenvalue weighted by Gasteiger charge is 2.36. The molecule has 0 amide bonds. The summed E-state index contributed by atoms with van der Waals surface area (Å²) in [5.41, 5.74) is 11.0. The van der Waals surface area contributed by atoms with Crippen molar-refractivity contribution < 1.29 is 8.83 Å². The maximum Gasteiger partial charge on any atom is 0.164 e. The predicted octanol–water partition coefficient (Wildman–Crippen LogP) is 10.4. The number of para-hydroxylation sites is 3. The van der Waals surface area contributed by atoms with Gasteiger partial charge in [0.2, 0.25) is 0 Å². The zero-order chi connectivity index (χ0) is 28.7. The van der Waals surface area contributed by atoms with E-state index in [2.05, 4.69) is 92.7 Å². The Bertz CT molecular complexity index is 2360. The molecule has 0 saturated heterocycles. The number of hydrogen-bond donors (Lipinski definition) is 0. The normalized spacial score (nSPS) is 13.5. The summed E-state index contributed by atoms with van der Waals surface area (Å²) in [6.45, 7) is 4.60. The molecule has 3 aromatic heterocycles. The Balaban J connectivity index is 1.34. The van der Waals surface area contributed by atoms with Crippen LogP contribution in [0, 0.1) is 0 Å². The first-order valence-electron chi connectivity index (χ1n) is 14.6. The third kappa shape index (κ3) is 3.50. The summed E-state index contributed by atoms with van der Waals surface area (Å²) >= 11 is 0. The molecule has 0 bridgehead atoms. The number of furan rings is 2. The zero-order valence-corrected chi connectivity index (χ0v) is 23.8. The molecule has 1 aliphatic carbocycles. The molecule has 0 N–H and O–H groups in total. The van der Waals surface area contributed by atoms with Gasteiger partial charge >= 0.3 is 0 Å². The number of nitrogens with zero attached hydrogens (tertiary/aromatic N) is 2. The van der Waals surface area contributed by atoms with E-state index in [4.69, 9.17) is 18.8 Å². The van der Waals surface area contributed by atoms with Crippen molar-refractivity contribution in [2.45, 2.75) is 19.3 Å². The van der Waals surface area contributed by atoms with Crippen molar-refractivity contribution in [3.05, 3.63) is 132 Å². The molecule has 5 aromatic carbocycles. The third-order valence-electron chi connectivity index (χ3n) is 8.93. The van der Waals surface area contributed by atoms with Crippen LogP contribution in [0.1, 0.15) is 25.0 Å². The number of fused-ring (bicyclic) bond motifs is 7. The van der Waals surface area contributed by atoms with Crippen LogP contribution in [0.4, 0.5) is 0 Å². The minimum Gasteiger partial charge on any atom is -0.455 e. The third-order valence-corrected chi connectivity index (χ3v) is 8.93. The maximum absolute atomic E-state index is 6.42. The molecule has 0 unspecified atom stereocenters. The van der Waals surface area contributed by atoms with E-state index in [0.717, 1.165) is 55.4 Å². The van der Waals surface area contributed by atoms with Crippen LogP contribution < -0.4 is 0 Å². The quantitative estimate of drug-likeness (QED) is 0.218. The van der Waals surface area contributed by atoms with E-state index in [1.165, 1.54) is 22.3 Å². The molecule has 3 heterocycles. The van der Waals surface area contributed by atoms with E-state index in [1.54, 1.807) is 0 Å². The number of aromatic nitrogens is 2. The van der Waals surface area contributed by atoms with E-state index in [-0.39, 0.29) is 5.41 Å². The summed E-state index contributed by atoms with van der Waals surface area (Å²) in [6, 6.07) is 41.8. The molecule has 8 aromatic rings. The topological polar surface area (TPSA) is 52.1 Å². The lowest BCUT2D eigenvalue weighted by atomic mass is 9.82. The molecule has 204 valence electrons. The lowest BCUT2D eigenvalue weighted by molar-refractivity contribution is 0.628. The van der Waals surface area contributed by atoms with Gasteiger partial charge in [-0.1, -0.05) is 105 Å². The fourth-order valence-electron chi connectivity index (χ4n) is 6.83. The molecule has 1 aliphatic rings. The molecule has 0 atom stereocenters. The van der Waals surface area contributed by atoms with Crippen molar-refractivity contribution in [2.24, 2.45) is 0 Å². The van der Waals surface area contributed by atoms with Gasteiger partial charge in [-0.15, -0.1) is 0 Å². The summed E-state index contributed by atoms with van der Waals surface area (Å²) in [5, 5.41) is 3.16. The SMILES string of the molecule is CC1(C)c2ccccc2-c2c(-c3cc(-c4cc5ccccc5o4)nc(-c4cccc5c4oc4ccccc45)n3)cccc21. The Morgan fingerprint density at radius 2 is 1.21 bits per heavy atom. The van der Waals surface area contributed by atoms with Crippen molar-refractivity contribution in [2.75, 3.05) is 0 Å². The van der Waals surface area contributed by atoms with Gasteiger partial charge in [-0.25, -0.2) is 9.97 Å². The first-order valence-corrected chi connectivity index (χ1v) is 14.6. The van der Waals surface area contributed by atoms with Crippen LogP contribution in [0.15, 0.2) is 130 Å². The molecule has 0 fully saturated rings. The van der Waals surface area contributed by atoms with Crippen LogP contribution >= 0.6 is 0 Å². The van der Waals surface area contributed by atoms with Crippen molar-refractivity contribution >= 4 is 32.9 Å². The first kappa shape index (κ1) is 24.2. The molecule has 0 saturated carbocycles. The molecule has 4 nitrogen and oxygen atoms in total. The Labute approximate surface area is 248 Å². The predicted molar refractivity (Wildman–Crippen MR) is 173 cm³/mol. The van der Waals surface area contributed by atoms with Gasteiger partial charge in [-0.05, 0) is 52.6 Å². The fourth-order valence-corrected chi connectivity index (χ4v) is 6.83. The van der Waals surface area contributed by atoms with Gasteiger partial charge in [0.1, 0.15) is 22.4 Å². The molecular weight excluding hydrogens is 528 g/mol. The summed E-state index contributed by atoms with van der Waals surface area (Å²) < 4.78 is 12.8. The van der Waals surface area contributed by atoms with E-state index < -0.39 is 0 Å². The van der Waals surface area contributed by atoms with E-state index in [1.807, 2.05) is 42.5 Å². The number of rotatable bonds is 3. The highest BCUT2D eigenvalue weighted by Crippen LogP contribution is 2.52. The van der Waals surface area contributed by atoms with Gasteiger partial charge in [-0.3, -0.25) is 0 Å². The van der Waals surface area contributed by atoms with Crippen molar-refractivity contribution in [1.82, 2.24) is 9.97 Å². The Morgan fingerprint density at radius 3 is 2.12 bits per heavy atom. The summed E-state index contributed by atoms with van der Waals surface area (Å²) in [4.78, 5) is 10.4.